The zero-order chi connectivity index (χ0) is 11.5. The number of rotatable bonds is 4. The van der Waals surface area contributed by atoms with Crippen LogP contribution < -0.4 is 5.32 Å². The van der Waals surface area contributed by atoms with Crippen LogP contribution in [-0.2, 0) is 0 Å². The Hall–Kier alpha value is -1.65. The minimum atomic E-state index is -0.400. The van der Waals surface area contributed by atoms with Crippen molar-refractivity contribution in [2.75, 3.05) is 5.32 Å². The van der Waals surface area contributed by atoms with E-state index in [2.05, 4.69) is 17.2 Å². The van der Waals surface area contributed by atoms with Crippen molar-refractivity contribution in [1.82, 2.24) is 4.98 Å². The highest BCUT2D eigenvalue weighted by molar-refractivity contribution is 5.60. The van der Waals surface area contributed by atoms with E-state index in [1.165, 1.54) is 25.5 Å². The lowest BCUT2D eigenvalue weighted by molar-refractivity contribution is -0.384. The van der Waals surface area contributed by atoms with Gasteiger partial charge in [-0.15, -0.1) is 0 Å². The van der Waals surface area contributed by atoms with Crippen LogP contribution in [0, 0.1) is 16.0 Å². The van der Waals surface area contributed by atoms with Gasteiger partial charge in [0.05, 0.1) is 4.92 Å². The van der Waals surface area contributed by atoms with E-state index in [1.807, 2.05) is 0 Å². The predicted octanol–water partition coefficient (Wildman–Crippen LogP) is 2.59. The van der Waals surface area contributed by atoms with Crippen molar-refractivity contribution < 1.29 is 4.92 Å². The molecule has 1 unspecified atom stereocenters. The summed E-state index contributed by atoms with van der Waals surface area (Å²) in [7, 11) is 0. The third kappa shape index (κ3) is 2.13. The van der Waals surface area contributed by atoms with Crippen molar-refractivity contribution in [3.05, 3.63) is 28.6 Å². The SMILES string of the molecule is CC(Nc1ccncc1[N+](=O)[O-])C1CCC1. The molecule has 5 heteroatoms. The molecule has 16 heavy (non-hydrogen) atoms. The molecule has 0 amide bonds. The Labute approximate surface area is 94.0 Å². The highest BCUT2D eigenvalue weighted by atomic mass is 16.6. The third-order valence-corrected chi connectivity index (χ3v) is 3.24. The van der Waals surface area contributed by atoms with E-state index in [0.717, 1.165) is 0 Å². The monoisotopic (exact) mass is 221 g/mol. The summed E-state index contributed by atoms with van der Waals surface area (Å²) in [4.78, 5) is 14.2. The molecular formula is C11H15N3O2. The quantitative estimate of drug-likeness (QED) is 0.626. The number of aromatic nitrogens is 1. The maximum Gasteiger partial charge on any atom is 0.310 e. The highest BCUT2D eigenvalue weighted by Crippen LogP contribution is 2.32. The van der Waals surface area contributed by atoms with Gasteiger partial charge in [0.15, 0.2) is 0 Å². The lowest BCUT2D eigenvalue weighted by Crippen LogP contribution is -2.31. The van der Waals surface area contributed by atoms with E-state index < -0.39 is 4.92 Å². The van der Waals surface area contributed by atoms with Crippen LogP contribution in [0.15, 0.2) is 18.5 Å². The van der Waals surface area contributed by atoms with Gasteiger partial charge in [-0.2, -0.15) is 0 Å². The highest BCUT2D eigenvalue weighted by Gasteiger charge is 2.25. The Balaban J connectivity index is 2.10. The number of pyridine rings is 1. The normalized spacial score (nSPS) is 17.6. The Morgan fingerprint density at radius 1 is 1.62 bits per heavy atom. The number of nitrogens with zero attached hydrogens (tertiary/aromatic N) is 2. The fourth-order valence-corrected chi connectivity index (χ4v) is 1.96. The van der Waals surface area contributed by atoms with Crippen LogP contribution in [0.5, 0.6) is 0 Å². The molecule has 1 fully saturated rings. The molecule has 0 spiro atoms. The van der Waals surface area contributed by atoms with Crippen LogP contribution in [0.4, 0.5) is 11.4 Å². The average Bonchev–Trinajstić information content (AvgIpc) is 2.15. The molecule has 0 aliphatic heterocycles. The van der Waals surface area contributed by atoms with Crippen molar-refractivity contribution in [2.45, 2.75) is 32.2 Å². The van der Waals surface area contributed by atoms with Gasteiger partial charge in [0.1, 0.15) is 11.9 Å². The fourth-order valence-electron chi connectivity index (χ4n) is 1.96. The first-order valence-corrected chi connectivity index (χ1v) is 5.53. The van der Waals surface area contributed by atoms with Crippen molar-refractivity contribution in [3.63, 3.8) is 0 Å². The Bertz CT molecular complexity index is 391. The summed E-state index contributed by atoms with van der Waals surface area (Å²) in [6, 6.07) is 1.95. The standard InChI is InChI=1S/C11H15N3O2/c1-8(9-3-2-4-9)13-10-5-6-12-7-11(10)14(15)16/h5-9H,2-4H2,1H3,(H,12,13). The van der Waals surface area contributed by atoms with Crippen LogP contribution in [0.25, 0.3) is 0 Å². The first-order chi connectivity index (χ1) is 7.68. The van der Waals surface area contributed by atoms with Gasteiger partial charge in [-0.1, -0.05) is 6.42 Å². The molecule has 5 nitrogen and oxygen atoms in total. The number of nitrogens with one attached hydrogen (secondary N) is 1. The van der Waals surface area contributed by atoms with E-state index in [-0.39, 0.29) is 11.7 Å². The molecule has 86 valence electrons. The molecule has 1 aliphatic carbocycles. The summed E-state index contributed by atoms with van der Waals surface area (Å²) in [5.74, 6) is 0.646. The second-order valence-electron chi connectivity index (χ2n) is 4.27. The summed E-state index contributed by atoms with van der Waals surface area (Å²) in [6.45, 7) is 2.08. The second-order valence-corrected chi connectivity index (χ2v) is 4.27. The lowest BCUT2D eigenvalue weighted by Gasteiger charge is -2.32. The molecule has 1 N–H and O–H groups in total. The number of hydrogen-bond acceptors (Lipinski definition) is 4. The first kappa shape index (κ1) is 10.9. The number of hydrogen-bond donors (Lipinski definition) is 1. The van der Waals surface area contributed by atoms with Gasteiger partial charge in [-0.3, -0.25) is 15.1 Å². The smallest absolute Gasteiger partial charge is 0.310 e. The number of anilines is 1. The van der Waals surface area contributed by atoms with Gasteiger partial charge in [-0.05, 0) is 31.7 Å². The van der Waals surface area contributed by atoms with E-state index in [9.17, 15) is 10.1 Å². The van der Waals surface area contributed by atoms with Crippen LogP contribution in [0.1, 0.15) is 26.2 Å². The molecular weight excluding hydrogens is 206 g/mol. The van der Waals surface area contributed by atoms with Gasteiger partial charge < -0.3 is 5.32 Å². The largest absolute Gasteiger partial charge is 0.377 e. The summed E-state index contributed by atoms with van der Waals surface area (Å²) in [5.41, 5.74) is 0.619. The van der Waals surface area contributed by atoms with E-state index >= 15 is 0 Å². The maximum atomic E-state index is 10.8. The molecule has 2 rings (SSSR count). The van der Waals surface area contributed by atoms with E-state index in [0.29, 0.717) is 11.6 Å². The Morgan fingerprint density at radius 3 is 2.94 bits per heavy atom. The molecule has 1 saturated carbocycles. The van der Waals surface area contributed by atoms with Crippen LogP contribution >= 0.6 is 0 Å². The minimum Gasteiger partial charge on any atom is -0.377 e. The molecule has 0 aromatic carbocycles. The topological polar surface area (TPSA) is 68.1 Å². The molecule has 1 heterocycles. The molecule has 0 saturated heterocycles. The van der Waals surface area contributed by atoms with Gasteiger partial charge >= 0.3 is 5.69 Å². The fraction of sp³-hybridized carbons (Fsp3) is 0.545. The summed E-state index contributed by atoms with van der Waals surface area (Å²) in [6.07, 6.45) is 6.56. The summed E-state index contributed by atoms with van der Waals surface area (Å²) in [5, 5.41) is 14.0. The Morgan fingerprint density at radius 2 is 2.38 bits per heavy atom. The molecule has 0 radical (unpaired) electrons. The minimum absolute atomic E-state index is 0.0497. The van der Waals surface area contributed by atoms with Gasteiger partial charge in [-0.25, -0.2) is 0 Å². The zero-order valence-electron chi connectivity index (χ0n) is 9.22. The maximum absolute atomic E-state index is 10.8. The van der Waals surface area contributed by atoms with E-state index in [1.54, 1.807) is 12.3 Å². The van der Waals surface area contributed by atoms with E-state index in [4.69, 9.17) is 0 Å². The molecule has 1 aromatic rings. The summed E-state index contributed by atoms with van der Waals surface area (Å²) < 4.78 is 0. The average molecular weight is 221 g/mol. The van der Waals surface area contributed by atoms with Crippen LogP contribution in [0.2, 0.25) is 0 Å². The number of nitro groups is 1. The van der Waals surface area contributed by atoms with Gasteiger partial charge in [0, 0.05) is 12.2 Å². The molecule has 0 bridgehead atoms. The Kier molecular flexibility index (Phi) is 3.03. The van der Waals surface area contributed by atoms with Crippen molar-refractivity contribution in [2.24, 2.45) is 5.92 Å². The first-order valence-electron chi connectivity index (χ1n) is 5.53. The molecule has 1 aliphatic rings. The van der Waals surface area contributed by atoms with Gasteiger partial charge in [0.2, 0.25) is 0 Å². The van der Waals surface area contributed by atoms with Crippen molar-refractivity contribution >= 4 is 11.4 Å². The molecule has 1 aromatic heterocycles. The van der Waals surface area contributed by atoms with Crippen LogP contribution in [0.3, 0.4) is 0 Å². The second kappa shape index (κ2) is 4.47. The summed E-state index contributed by atoms with van der Waals surface area (Å²) >= 11 is 0. The van der Waals surface area contributed by atoms with Gasteiger partial charge in [0.25, 0.3) is 0 Å². The van der Waals surface area contributed by atoms with Crippen LogP contribution in [-0.4, -0.2) is 15.9 Å². The lowest BCUT2D eigenvalue weighted by atomic mass is 9.80. The molecule has 1 atom stereocenters. The van der Waals surface area contributed by atoms with Crippen molar-refractivity contribution in [1.29, 1.82) is 0 Å². The third-order valence-electron chi connectivity index (χ3n) is 3.24. The predicted molar refractivity (Wildman–Crippen MR) is 61.3 cm³/mol. The van der Waals surface area contributed by atoms with Crippen molar-refractivity contribution in [3.8, 4) is 0 Å². The zero-order valence-corrected chi connectivity index (χ0v) is 9.22.